The minimum Gasteiger partial charge on any atom is -0.455 e. The van der Waals surface area contributed by atoms with Crippen molar-refractivity contribution < 1.29 is 17.6 Å². The molecule has 4 aromatic rings. The maximum atomic E-state index is 12.7. The summed E-state index contributed by atoms with van der Waals surface area (Å²) in [5.74, 6) is -0.0335. The van der Waals surface area contributed by atoms with Crippen LogP contribution in [-0.4, -0.2) is 20.0 Å². The highest BCUT2D eigenvalue weighted by Crippen LogP contribution is 2.21. The fourth-order valence-corrected chi connectivity index (χ4v) is 4.27. The second-order valence-electron chi connectivity index (χ2n) is 6.93. The van der Waals surface area contributed by atoms with Crippen LogP contribution in [0.3, 0.4) is 0 Å². The number of benzene rings is 3. The summed E-state index contributed by atoms with van der Waals surface area (Å²) >= 11 is 5.91. The molecule has 9 heteroatoms. The van der Waals surface area contributed by atoms with Crippen LogP contribution >= 0.6 is 11.6 Å². The lowest BCUT2D eigenvalue weighted by molar-refractivity contribution is 0.0954. The Morgan fingerprint density at radius 2 is 1.75 bits per heavy atom. The van der Waals surface area contributed by atoms with Crippen LogP contribution in [0.15, 0.2) is 93.3 Å². The molecule has 1 heterocycles. The highest BCUT2D eigenvalue weighted by molar-refractivity contribution is 7.92. The molecule has 1 aromatic heterocycles. The van der Waals surface area contributed by atoms with Crippen LogP contribution in [0.25, 0.3) is 11.0 Å². The van der Waals surface area contributed by atoms with Crippen molar-refractivity contribution in [3.05, 3.63) is 95.2 Å². The second-order valence-corrected chi connectivity index (χ2v) is 9.05. The molecule has 4 rings (SSSR count). The smallest absolute Gasteiger partial charge is 0.271 e. The molecule has 7 nitrogen and oxygen atoms in total. The third-order valence-corrected chi connectivity index (χ3v) is 6.20. The van der Waals surface area contributed by atoms with Gasteiger partial charge >= 0.3 is 0 Å². The third kappa shape index (κ3) is 4.82. The largest absolute Gasteiger partial charge is 0.455 e. The number of hydrogen-bond acceptors (Lipinski definition) is 5. The average molecular weight is 468 g/mol. The third-order valence-electron chi connectivity index (χ3n) is 4.59. The van der Waals surface area contributed by atoms with Gasteiger partial charge in [-0.2, -0.15) is 5.10 Å². The van der Waals surface area contributed by atoms with Gasteiger partial charge in [-0.25, -0.2) is 13.8 Å². The SMILES string of the molecule is C/C(=N\NC(=O)c1cccc(S(=O)(=O)Nc2cccc(Cl)c2)c1)c1cc2ccccc2o1. The average Bonchev–Trinajstić information content (AvgIpc) is 3.21. The van der Waals surface area contributed by atoms with E-state index in [-0.39, 0.29) is 10.5 Å². The van der Waals surface area contributed by atoms with E-state index in [0.29, 0.717) is 27.8 Å². The zero-order chi connectivity index (χ0) is 22.7. The van der Waals surface area contributed by atoms with Gasteiger partial charge in [0.05, 0.1) is 10.6 Å². The van der Waals surface area contributed by atoms with E-state index in [0.717, 1.165) is 5.39 Å². The van der Waals surface area contributed by atoms with Gasteiger partial charge in [-0.1, -0.05) is 41.9 Å². The number of sulfonamides is 1. The van der Waals surface area contributed by atoms with Crippen molar-refractivity contribution in [1.29, 1.82) is 0 Å². The molecule has 0 aliphatic carbocycles. The minimum atomic E-state index is -3.91. The predicted octanol–water partition coefficient (Wildman–Crippen LogP) is 5.04. The number of nitrogens with one attached hydrogen (secondary N) is 2. The summed E-state index contributed by atoms with van der Waals surface area (Å²) in [7, 11) is -3.91. The van der Waals surface area contributed by atoms with Gasteiger partial charge < -0.3 is 4.42 Å². The number of rotatable bonds is 6. The number of halogens is 1. The number of fused-ring (bicyclic) bond motifs is 1. The number of carbonyl (C=O) groups excluding carboxylic acids is 1. The Morgan fingerprint density at radius 1 is 0.969 bits per heavy atom. The number of para-hydroxylation sites is 1. The lowest BCUT2D eigenvalue weighted by Crippen LogP contribution is -2.20. The number of carbonyl (C=O) groups is 1. The molecule has 0 atom stereocenters. The van der Waals surface area contributed by atoms with Crippen LogP contribution in [0, 0.1) is 0 Å². The van der Waals surface area contributed by atoms with Crippen molar-refractivity contribution >= 4 is 49.9 Å². The van der Waals surface area contributed by atoms with Gasteiger partial charge in [0, 0.05) is 16.0 Å². The first-order valence-corrected chi connectivity index (χ1v) is 11.4. The second kappa shape index (κ2) is 8.86. The Kier molecular flexibility index (Phi) is 5.98. The molecule has 0 fully saturated rings. The Hall–Kier alpha value is -3.62. The topological polar surface area (TPSA) is 101 Å². The Morgan fingerprint density at radius 3 is 2.53 bits per heavy atom. The zero-order valence-electron chi connectivity index (χ0n) is 16.9. The first kappa shape index (κ1) is 21.6. The zero-order valence-corrected chi connectivity index (χ0v) is 18.4. The van der Waals surface area contributed by atoms with Crippen molar-refractivity contribution in [2.24, 2.45) is 5.10 Å². The van der Waals surface area contributed by atoms with Crippen LogP contribution in [-0.2, 0) is 10.0 Å². The van der Waals surface area contributed by atoms with Crippen LogP contribution in [0.2, 0.25) is 5.02 Å². The van der Waals surface area contributed by atoms with Gasteiger partial charge in [0.2, 0.25) is 0 Å². The molecule has 0 unspecified atom stereocenters. The van der Waals surface area contributed by atoms with Gasteiger partial charge in [0.25, 0.3) is 15.9 Å². The fraction of sp³-hybridized carbons (Fsp3) is 0.0435. The van der Waals surface area contributed by atoms with Crippen LogP contribution in [0.1, 0.15) is 23.0 Å². The minimum absolute atomic E-state index is 0.0666. The van der Waals surface area contributed by atoms with E-state index < -0.39 is 15.9 Å². The first-order chi connectivity index (χ1) is 15.3. The van der Waals surface area contributed by atoms with Crippen LogP contribution < -0.4 is 10.1 Å². The Labute approximate surface area is 189 Å². The van der Waals surface area contributed by atoms with Gasteiger partial charge in [-0.05, 0) is 55.5 Å². The number of furan rings is 1. The number of anilines is 1. The predicted molar refractivity (Wildman–Crippen MR) is 125 cm³/mol. The van der Waals surface area contributed by atoms with E-state index in [9.17, 15) is 13.2 Å². The number of hydrazone groups is 1. The van der Waals surface area contributed by atoms with Crippen molar-refractivity contribution in [2.75, 3.05) is 4.72 Å². The summed E-state index contributed by atoms with van der Waals surface area (Å²) in [4.78, 5) is 12.5. The van der Waals surface area contributed by atoms with E-state index in [1.807, 2.05) is 30.3 Å². The Balaban J connectivity index is 1.51. The molecule has 3 aromatic carbocycles. The maximum Gasteiger partial charge on any atom is 0.271 e. The van der Waals surface area contributed by atoms with E-state index in [4.69, 9.17) is 16.0 Å². The Bertz CT molecular complexity index is 1410. The van der Waals surface area contributed by atoms with Gasteiger partial charge in [-0.15, -0.1) is 0 Å². The van der Waals surface area contributed by atoms with Crippen molar-refractivity contribution in [1.82, 2.24) is 5.43 Å². The molecule has 32 heavy (non-hydrogen) atoms. The molecule has 0 radical (unpaired) electrons. The first-order valence-electron chi connectivity index (χ1n) is 9.54. The van der Waals surface area contributed by atoms with Crippen molar-refractivity contribution in [3.8, 4) is 0 Å². The number of nitrogens with zero attached hydrogens (tertiary/aromatic N) is 1. The normalized spacial score (nSPS) is 12.0. The summed E-state index contributed by atoms with van der Waals surface area (Å²) in [6, 6.07) is 21.3. The molecule has 0 saturated carbocycles. The molecular formula is C23H18ClN3O4S. The fourth-order valence-electron chi connectivity index (χ4n) is 2.98. The van der Waals surface area contributed by atoms with E-state index in [1.165, 1.54) is 30.3 Å². The van der Waals surface area contributed by atoms with Crippen LogP contribution in [0.4, 0.5) is 5.69 Å². The molecule has 0 saturated heterocycles. The van der Waals surface area contributed by atoms with Crippen molar-refractivity contribution in [2.45, 2.75) is 11.8 Å². The maximum absolute atomic E-state index is 12.7. The molecule has 2 N–H and O–H groups in total. The molecule has 162 valence electrons. The monoisotopic (exact) mass is 467 g/mol. The molecule has 0 spiro atoms. The highest BCUT2D eigenvalue weighted by Gasteiger charge is 2.17. The highest BCUT2D eigenvalue weighted by atomic mass is 35.5. The lowest BCUT2D eigenvalue weighted by atomic mass is 10.2. The summed E-state index contributed by atoms with van der Waals surface area (Å²) in [6.45, 7) is 1.70. The van der Waals surface area contributed by atoms with E-state index >= 15 is 0 Å². The molecule has 0 aliphatic rings. The molecular weight excluding hydrogens is 450 g/mol. The standard InChI is InChI=1S/C23H18ClN3O4S/c1-15(22-13-16-6-2-3-11-21(16)31-22)25-26-23(28)17-7-4-10-20(12-17)32(29,30)27-19-9-5-8-18(24)14-19/h2-14,27H,1H3,(H,26,28)/b25-15+. The summed E-state index contributed by atoms with van der Waals surface area (Å²) < 4.78 is 33.6. The number of amides is 1. The van der Waals surface area contributed by atoms with E-state index in [2.05, 4.69) is 15.2 Å². The number of hydrogen-bond donors (Lipinski definition) is 2. The van der Waals surface area contributed by atoms with E-state index in [1.54, 1.807) is 25.1 Å². The lowest BCUT2D eigenvalue weighted by Gasteiger charge is -2.09. The summed E-state index contributed by atoms with van der Waals surface area (Å²) in [6.07, 6.45) is 0. The van der Waals surface area contributed by atoms with Gasteiger partial charge in [-0.3, -0.25) is 9.52 Å². The van der Waals surface area contributed by atoms with Gasteiger partial charge in [0.15, 0.2) is 5.76 Å². The summed E-state index contributed by atoms with van der Waals surface area (Å²) in [5, 5.41) is 5.40. The quantitative estimate of drug-likeness (QED) is 0.306. The van der Waals surface area contributed by atoms with Gasteiger partial charge in [0.1, 0.15) is 11.3 Å². The van der Waals surface area contributed by atoms with Crippen LogP contribution in [0.5, 0.6) is 0 Å². The molecule has 0 aliphatic heterocycles. The van der Waals surface area contributed by atoms with Crippen molar-refractivity contribution in [3.63, 3.8) is 0 Å². The molecule has 1 amide bonds. The summed E-state index contributed by atoms with van der Waals surface area (Å²) in [5.41, 5.74) is 4.08. The molecule has 0 bridgehead atoms.